The molecule has 1 atom stereocenters. The maximum absolute atomic E-state index is 9.69. The topological polar surface area (TPSA) is 40.5 Å². The lowest BCUT2D eigenvalue weighted by molar-refractivity contribution is 0.197. The highest BCUT2D eigenvalue weighted by molar-refractivity contribution is 5.29. The molecule has 0 bridgehead atoms. The molecule has 1 aliphatic carbocycles. The van der Waals surface area contributed by atoms with Crippen molar-refractivity contribution in [3.05, 3.63) is 59.4 Å². The van der Waals surface area contributed by atoms with E-state index < -0.39 is 6.10 Å². The fourth-order valence-corrected chi connectivity index (χ4v) is 1.87. The van der Waals surface area contributed by atoms with Gasteiger partial charge in [-0.15, -0.1) is 0 Å². The first-order valence-electron chi connectivity index (χ1n) is 5.57. The minimum absolute atomic E-state index is 0.325. The minimum atomic E-state index is -0.527. The normalized spacial score (nSPS) is 20.2. The van der Waals surface area contributed by atoms with Gasteiger partial charge >= 0.3 is 0 Å². The van der Waals surface area contributed by atoms with Crippen LogP contribution in [0.15, 0.2) is 53.8 Å². The van der Waals surface area contributed by atoms with Gasteiger partial charge in [-0.2, -0.15) is 0 Å². The fraction of sp³-hybridized carbons (Fsp3) is 0.286. The Balaban J connectivity index is 1.96. The zero-order valence-electron chi connectivity index (χ0n) is 9.13. The van der Waals surface area contributed by atoms with E-state index in [1.54, 1.807) is 6.08 Å². The van der Waals surface area contributed by atoms with E-state index >= 15 is 0 Å². The van der Waals surface area contributed by atoms with Gasteiger partial charge in [0.2, 0.25) is 0 Å². The van der Waals surface area contributed by atoms with Crippen molar-refractivity contribution in [3.63, 3.8) is 0 Å². The SMILES string of the molecule is OC1=C(CCc2ccccc2)C=CC(O)C1. The van der Waals surface area contributed by atoms with Crippen LogP contribution in [-0.2, 0) is 6.42 Å². The molecule has 1 unspecified atom stereocenters. The summed E-state index contributed by atoms with van der Waals surface area (Å²) in [7, 11) is 0. The third-order valence-electron chi connectivity index (χ3n) is 2.82. The third-order valence-corrected chi connectivity index (χ3v) is 2.82. The van der Waals surface area contributed by atoms with Gasteiger partial charge in [0, 0.05) is 6.42 Å². The van der Waals surface area contributed by atoms with Crippen LogP contribution < -0.4 is 0 Å². The molecule has 16 heavy (non-hydrogen) atoms. The summed E-state index contributed by atoms with van der Waals surface area (Å²) < 4.78 is 0. The van der Waals surface area contributed by atoms with E-state index in [2.05, 4.69) is 12.1 Å². The highest BCUT2D eigenvalue weighted by Gasteiger charge is 2.12. The van der Waals surface area contributed by atoms with Crippen molar-refractivity contribution in [1.82, 2.24) is 0 Å². The summed E-state index contributed by atoms with van der Waals surface area (Å²) >= 11 is 0. The standard InChI is InChI=1S/C14H16O2/c15-13-9-8-12(14(16)10-13)7-6-11-4-2-1-3-5-11/h1-5,8-9,13,15-16H,6-7,10H2. The van der Waals surface area contributed by atoms with Gasteiger partial charge in [0.05, 0.1) is 11.9 Å². The van der Waals surface area contributed by atoms with Gasteiger partial charge < -0.3 is 10.2 Å². The monoisotopic (exact) mass is 216 g/mol. The van der Waals surface area contributed by atoms with E-state index in [9.17, 15) is 10.2 Å². The number of hydrogen-bond acceptors (Lipinski definition) is 2. The van der Waals surface area contributed by atoms with Crippen molar-refractivity contribution in [1.29, 1.82) is 0 Å². The molecule has 2 N–H and O–H groups in total. The molecule has 2 rings (SSSR count). The van der Waals surface area contributed by atoms with Crippen molar-refractivity contribution < 1.29 is 10.2 Å². The van der Waals surface area contributed by atoms with E-state index in [1.165, 1.54) is 5.56 Å². The Morgan fingerprint density at radius 1 is 1.12 bits per heavy atom. The van der Waals surface area contributed by atoms with Crippen molar-refractivity contribution >= 4 is 0 Å². The summed E-state index contributed by atoms with van der Waals surface area (Å²) in [6.45, 7) is 0. The number of allylic oxidation sites excluding steroid dienone is 2. The molecule has 1 aliphatic rings. The molecule has 0 amide bonds. The van der Waals surface area contributed by atoms with Crippen molar-refractivity contribution in [3.8, 4) is 0 Å². The van der Waals surface area contributed by atoms with Gasteiger partial charge in [-0.05, 0) is 24.0 Å². The van der Waals surface area contributed by atoms with E-state index in [-0.39, 0.29) is 0 Å². The summed E-state index contributed by atoms with van der Waals surface area (Å²) in [6.07, 6.45) is 5.12. The van der Waals surface area contributed by atoms with Crippen LogP contribution in [0.1, 0.15) is 18.4 Å². The molecule has 0 heterocycles. The molecule has 0 spiro atoms. The third kappa shape index (κ3) is 2.74. The summed E-state index contributed by atoms with van der Waals surface area (Å²) in [6, 6.07) is 10.2. The highest BCUT2D eigenvalue weighted by atomic mass is 16.3. The number of aliphatic hydroxyl groups is 2. The van der Waals surface area contributed by atoms with Gasteiger partial charge in [-0.3, -0.25) is 0 Å². The second-order valence-electron chi connectivity index (χ2n) is 4.09. The van der Waals surface area contributed by atoms with Crippen LogP contribution in [0.3, 0.4) is 0 Å². The first-order valence-corrected chi connectivity index (χ1v) is 5.57. The lowest BCUT2D eigenvalue weighted by Gasteiger charge is -2.14. The molecule has 0 saturated heterocycles. The van der Waals surface area contributed by atoms with Crippen LogP contribution in [0.5, 0.6) is 0 Å². The molecule has 0 saturated carbocycles. The Kier molecular flexibility index (Phi) is 3.42. The Bertz CT molecular complexity index is 404. The van der Waals surface area contributed by atoms with Crippen LogP contribution in [0, 0.1) is 0 Å². The molecular formula is C14H16O2. The minimum Gasteiger partial charge on any atom is -0.512 e. The van der Waals surface area contributed by atoms with Crippen molar-refractivity contribution in [2.45, 2.75) is 25.4 Å². The maximum Gasteiger partial charge on any atom is 0.0983 e. The van der Waals surface area contributed by atoms with Crippen LogP contribution in [-0.4, -0.2) is 16.3 Å². The fourth-order valence-electron chi connectivity index (χ4n) is 1.87. The first kappa shape index (κ1) is 11.0. The zero-order valence-corrected chi connectivity index (χ0v) is 9.13. The summed E-state index contributed by atoms with van der Waals surface area (Å²) in [4.78, 5) is 0. The molecule has 0 radical (unpaired) electrons. The van der Waals surface area contributed by atoms with Gasteiger partial charge in [0.15, 0.2) is 0 Å². The molecule has 0 aliphatic heterocycles. The van der Waals surface area contributed by atoms with Crippen molar-refractivity contribution in [2.24, 2.45) is 0 Å². The second kappa shape index (κ2) is 4.99. The maximum atomic E-state index is 9.69. The van der Waals surface area contributed by atoms with Gasteiger partial charge in [0.1, 0.15) is 0 Å². The number of rotatable bonds is 3. The quantitative estimate of drug-likeness (QED) is 0.815. The largest absolute Gasteiger partial charge is 0.512 e. The Hall–Kier alpha value is -1.54. The Morgan fingerprint density at radius 3 is 2.56 bits per heavy atom. The molecule has 1 aromatic rings. The first-order chi connectivity index (χ1) is 7.75. The van der Waals surface area contributed by atoms with Crippen LogP contribution >= 0.6 is 0 Å². The number of hydrogen-bond donors (Lipinski definition) is 2. The van der Waals surface area contributed by atoms with Gasteiger partial charge in [-0.1, -0.05) is 42.5 Å². The number of benzene rings is 1. The van der Waals surface area contributed by atoms with Crippen molar-refractivity contribution in [2.75, 3.05) is 0 Å². The number of aryl methyl sites for hydroxylation is 1. The van der Waals surface area contributed by atoms with E-state index in [4.69, 9.17) is 0 Å². The van der Waals surface area contributed by atoms with Gasteiger partial charge in [-0.25, -0.2) is 0 Å². The molecule has 0 aromatic heterocycles. The lowest BCUT2D eigenvalue weighted by atomic mass is 9.97. The number of aliphatic hydroxyl groups excluding tert-OH is 2. The van der Waals surface area contributed by atoms with Crippen LogP contribution in [0.25, 0.3) is 0 Å². The van der Waals surface area contributed by atoms with Gasteiger partial charge in [0.25, 0.3) is 0 Å². The highest BCUT2D eigenvalue weighted by Crippen LogP contribution is 2.21. The predicted octanol–water partition coefficient (Wildman–Crippen LogP) is 2.75. The Labute approximate surface area is 95.6 Å². The smallest absolute Gasteiger partial charge is 0.0983 e. The van der Waals surface area contributed by atoms with Crippen LogP contribution in [0.2, 0.25) is 0 Å². The van der Waals surface area contributed by atoms with E-state index in [1.807, 2.05) is 24.3 Å². The molecule has 0 fully saturated rings. The van der Waals surface area contributed by atoms with E-state index in [0.29, 0.717) is 12.2 Å². The summed E-state index contributed by atoms with van der Waals surface area (Å²) in [5, 5.41) is 19.0. The lowest BCUT2D eigenvalue weighted by Crippen LogP contribution is -2.09. The average molecular weight is 216 g/mol. The molecule has 84 valence electrons. The Morgan fingerprint density at radius 2 is 1.88 bits per heavy atom. The van der Waals surface area contributed by atoms with Crippen LogP contribution in [0.4, 0.5) is 0 Å². The predicted molar refractivity (Wildman–Crippen MR) is 64.2 cm³/mol. The molecular weight excluding hydrogens is 200 g/mol. The molecule has 2 heteroatoms. The average Bonchev–Trinajstić information content (AvgIpc) is 2.29. The molecule has 2 nitrogen and oxygen atoms in total. The van der Waals surface area contributed by atoms with E-state index in [0.717, 1.165) is 18.4 Å². The zero-order chi connectivity index (χ0) is 11.4. The summed E-state index contributed by atoms with van der Waals surface area (Å²) in [5.41, 5.74) is 2.21. The molecule has 1 aromatic carbocycles. The summed E-state index contributed by atoms with van der Waals surface area (Å²) in [5.74, 6) is 0.325. The second-order valence-corrected chi connectivity index (χ2v) is 4.09.